The Morgan fingerprint density at radius 3 is 2.00 bits per heavy atom. The number of aromatic amines is 2. The van der Waals surface area contributed by atoms with Crippen molar-refractivity contribution in [3.8, 4) is 0 Å². The number of nitrogens with one attached hydrogen (secondary N) is 3. The van der Waals surface area contributed by atoms with Crippen molar-refractivity contribution in [3.05, 3.63) is 75.0 Å². The Hall–Kier alpha value is -3.53. The van der Waals surface area contributed by atoms with Crippen molar-refractivity contribution in [1.29, 1.82) is 0 Å². The zero-order chi connectivity index (χ0) is 25.4. The number of hydrogen-bond donors (Lipinski definition) is 3. The van der Waals surface area contributed by atoms with Gasteiger partial charge in [0.2, 0.25) is 10.0 Å². The van der Waals surface area contributed by atoms with Crippen molar-refractivity contribution < 1.29 is 8.42 Å². The molecule has 0 atom stereocenters. The third-order valence-electron chi connectivity index (χ3n) is 6.74. The first-order valence-corrected chi connectivity index (χ1v) is 13.6. The molecule has 36 heavy (non-hydrogen) atoms. The molecule has 5 aromatic rings. The van der Waals surface area contributed by atoms with E-state index in [0.717, 1.165) is 19.6 Å². The molecule has 9 heteroatoms. The lowest BCUT2D eigenvalue weighted by molar-refractivity contribution is 0.300. The highest BCUT2D eigenvalue weighted by atomic mass is 32.2. The van der Waals surface area contributed by atoms with E-state index in [-0.39, 0.29) is 21.1 Å². The summed E-state index contributed by atoms with van der Waals surface area (Å²) in [6, 6.07) is 15.1. The van der Waals surface area contributed by atoms with E-state index in [9.17, 15) is 18.0 Å². The zero-order valence-electron chi connectivity index (χ0n) is 20.2. The number of nitrogens with zero attached hydrogens (tertiary/aromatic N) is 1. The van der Waals surface area contributed by atoms with Crippen LogP contribution in [-0.4, -0.2) is 49.5 Å². The van der Waals surface area contributed by atoms with Gasteiger partial charge < -0.3 is 14.9 Å². The molecule has 0 amide bonds. The van der Waals surface area contributed by atoms with Crippen LogP contribution in [0.1, 0.15) is 20.3 Å². The predicted octanol–water partition coefficient (Wildman–Crippen LogP) is 3.69. The lowest BCUT2D eigenvalue weighted by Crippen LogP contribution is -2.30. The number of benzene rings is 3. The fourth-order valence-corrected chi connectivity index (χ4v) is 5.77. The fourth-order valence-electron chi connectivity index (χ4n) is 4.67. The maximum atomic E-state index is 13.4. The Morgan fingerprint density at radius 1 is 0.750 bits per heavy atom. The molecule has 8 nitrogen and oxygen atoms in total. The molecule has 0 saturated heterocycles. The zero-order valence-corrected chi connectivity index (χ0v) is 21.0. The highest BCUT2D eigenvalue weighted by molar-refractivity contribution is 7.89. The molecule has 0 radical (unpaired) electrons. The molecule has 0 saturated carbocycles. The highest BCUT2D eigenvalue weighted by Crippen LogP contribution is 2.23. The molecule has 5 rings (SSSR count). The monoisotopic (exact) mass is 504 g/mol. The number of pyridine rings is 2. The molecule has 2 heterocycles. The lowest BCUT2D eigenvalue weighted by atomic mass is 10.1. The first kappa shape index (κ1) is 24.2. The topological polar surface area (TPSA) is 115 Å². The third kappa shape index (κ3) is 4.30. The van der Waals surface area contributed by atoms with E-state index in [2.05, 4.69) is 33.4 Å². The summed E-state index contributed by atoms with van der Waals surface area (Å²) >= 11 is 0. The molecule has 0 aliphatic heterocycles. The standard InChI is InChI=1S/C27H28N4O4S/c1-3-31(4-2)13-7-12-28-36(34,35)17-10-11-23-19(14-17)27(33)21-16-24-20(15-25(21)30-23)26(32)18-8-5-6-9-22(18)29-24/h5-6,8-11,14-16,28H,3-4,7,12-13H2,1-2H3,(H,29,32)(H,30,33). The molecule has 0 fully saturated rings. The van der Waals surface area contributed by atoms with Gasteiger partial charge >= 0.3 is 0 Å². The number of aromatic nitrogens is 2. The Labute approximate surface area is 208 Å². The minimum atomic E-state index is -3.77. The molecule has 2 aromatic heterocycles. The summed E-state index contributed by atoms with van der Waals surface area (Å²) in [6.07, 6.45) is 0.694. The Balaban J connectivity index is 1.55. The minimum absolute atomic E-state index is 0.0443. The van der Waals surface area contributed by atoms with Gasteiger partial charge in [0.05, 0.1) is 15.9 Å². The Bertz CT molecular complexity index is 1840. The SMILES string of the molecule is CCN(CC)CCCNS(=O)(=O)c1ccc2[nH]c3cc4c(=O)c5ccccc5[nH]c4cc3c(=O)c2c1. The van der Waals surface area contributed by atoms with Gasteiger partial charge in [0.1, 0.15) is 0 Å². The predicted molar refractivity (Wildman–Crippen MR) is 145 cm³/mol. The van der Waals surface area contributed by atoms with Crippen molar-refractivity contribution in [2.45, 2.75) is 25.2 Å². The van der Waals surface area contributed by atoms with Crippen molar-refractivity contribution in [2.24, 2.45) is 0 Å². The maximum absolute atomic E-state index is 13.4. The normalized spacial score (nSPS) is 12.4. The van der Waals surface area contributed by atoms with E-state index < -0.39 is 10.0 Å². The van der Waals surface area contributed by atoms with Crippen LogP contribution in [0.15, 0.2) is 69.1 Å². The number of sulfonamides is 1. The van der Waals surface area contributed by atoms with Crippen molar-refractivity contribution in [1.82, 2.24) is 19.6 Å². The molecule has 0 aliphatic carbocycles. The van der Waals surface area contributed by atoms with Crippen molar-refractivity contribution in [3.63, 3.8) is 0 Å². The van der Waals surface area contributed by atoms with Gasteiger partial charge in [0.25, 0.3) is 0 Å². The van der Waals surface area contributed by atoms with E-state index in [4.69, 9.17) is 0 Å². The number of rotatable bonds is 8. The highest BCUT2D eigenvalue weighted by Gasteiger charge is 2.17. The van der Waals surface area contributed by atoms with E-state index in [1.54, 1.807) is 24.3 Å². The smallest absolute Gasteiger partial charge is 0.240 e. The van der Waals surface area contributed by atoms with Gasteiger partial charge in [0, 0.05) is 39.1 Å². The fraction of sp³-hybridized carbons (Fsp3) is 0.259. The summed E-state index contributed by atoms with van der Waals surface area (Å²) < 4.78 is 28.4. The van der Waals surface area contributed by atoms with Crippen molar-refractivity contribution >= 4 is 53.6 Å². The van der Waals surface area contributed by atoms with Gasteiger partial charge in [0.15, 0.2) is 10.9 Å². The second-order valence-electron chi connectivity index (χ2n) is 8.88. The molecule has 0 unspecified atom stereocenters. The van der Waals surface area contributed by atoms with Gasteiger partial charge in [-0.25, -0.2) is 13.1 Å². The Kier molecular flexibility index (Phi) is 6.38. The van der Waals surface area contributed by atoms with Crippen LogP contribution >= 0.6 is 0 Å². The summed E-state index contributed by atoms with van der Waals surface area (Å²) in [6.45, 7) is 7.12. The summed E-state index contributed by atoms with van der Waals surface area (Å²) in [5.74, 6) is 0. The molecule has 0 spiro atoms. The summed E-state index contributed by atoms with van der Waals surface area (Å²) in [7, 11) is -3.77. The van der Waals surface area contributed by atoms with E-state index in [1.807, 2.05) is 18.2 Å². The molecular formula is C27H28N4O4S. The van der Waals surface area contributed by atoms with E-state index in [0.29, 0.717) is 51.2 Å². The van der Waals surface area contributed by atoms with Crippen LogP contribution < -0.4 is 15.6 Å². The van der Waals surface area contributed by atoms with Crippen LogP contribution in [0.2, 0.25) is 0 Å². The van der Waals surface area contributed by atoms with Gasteiger partial charge in [-0.1, -0.05) is 26.0 Å². The van der Waals surface area contributed by atoms with Crippen LogP contribution in [0.3, 0.4) is 0 Å². The Morgan fingerprint density at radius 2 is 1.33 bits per heavy atom. The van der Waals surface area contributed by atoms with E-state index in [1.165, 1.54) is 12.1 Å². The van der Waals surface area contributed by atoms with Gasteiger partial charge in [-0.05, 0) is 68.5 Å². The number of fused-ring (bicyclic) bond motifs is 4. The molecule has 3 N–H and O–H groups in total. The van der Waals surface area contributed by atoms with Gasteiger partial charge in [-0.15, -0.1) is 0 Å². The van der Waals surface area contributed by atoms with E-state index >= 15 is 0 Å². The van der Waals surface area contributed by atoms with Crippen LogP contribution in [-0.2, 0) is 10.0 Å². The largest absolute Gasteiger partial charge is 0.354 e. The number of para-hydroxylation sites is 1. The van der Waals surface area contributed by atoms with Crippen LogP contribution in [0.4, 0.5) is 0 Å². The molecule has 0 aliphatic rings. The van der Waals surface area contributed by atoms with Crippen LogP contribution in [0.25, 0.3) is 43.6 Å². The second kappa shape index (κ2) is 9.50. The van der Waals surface area contributed by atoms with Crippen LogP contribution in [0.5, 0.6) is 0 Å². The molecule has 186 valence electrons. The number of hydrogen-bond acceptors (Lipinski definition) is 5. The summed E-state index contributed by atoms with van der Waals surface area (Å²) in [5.41, 5.74) is 1.85. The van der Waals surface area contributed by atoms with Gasteiger partial charge in [-0.2, -0.15) is 0 Å². The average Bonchev–Trinajstić information content (AvgIpc) is 2.88. The quantitative estimate of drug-likeness (QED) is 0.220. The minimum Gasteiger partial charge on any atom is -0.354 e. The average molecular weight is 505 g/mol. The number of H-pyrrole nitrogens is 2. The van der Waals surface area contributed by atoms with Crippen molar-refractivity contribution in [2.75, 3.05) is 26.2 Å². The first-order chi connectivity index (χ1) is 17.3. The summed E-state index contributed by atoms with van der Waals surface area (Å²) in [4.78, 5) is 35.2. The second-order valence-corrected chi connectivity index (χ2v) is 10.6. The van der Waals surface area contributed by atoms with Gasteiger partial charge in [-0.3, -0.25) is 9.59 Å². The maximum Gasteiger partial charge on any atom is 0.240 e. The van der Waals surface area contributed by atoms with Crippen LogP contribution in [0, 0.1) is 0 Å². The third-order valence-corrected chi connectivity index (χ3v) is 8.20. The first-order valence-electron chi connectivity index (χ1n) is 12.1. The summed E-state index contributed by atoms with van der Waals surface area (Å²) in [5, 5.41) is 1.70. The molecule has 0 bridgehead atoms. The lowest BCUT2D eigenvalue weighted by Gasteiger charge is -2.17. The molecule has 3 aromatic carbocycles. The molecular weight excluding hydrogens is 476 g/mol.